The molecule has 0 saturated carbocycles. The highest BCUT2D eigenvalue weighted by atomic mass is 16.6. The second kappa shape index (κ2) is 9.67. The average Bonchev–Trinajstić information content (AvgIpc) is 2.79. The highest BCUT2D eigenvalue weighted by molar-refractivity contribution is 6.09. The lowest BCUT2D eigenvalue weighted by Crippen LogP contribution is -2.13. The van der Waals surface area contributed by atoms with Crippen LogP contribution in [0.1, 0.15) is 5.56 Å². The van der Waals surface area contributed by atoms with Gasteiger partial charge >= 0.3 is 0 Å². The molecule has 0 spiro atoms. The number of hydrogen-bond donors (Lipinski definition) is 1. The highest BCUT2D eigenvalue weighted by Crippen LogP contribution is 2.22. The van der Waals surface area contributed by atoms with Crippen molar-refractivity contribution in [3.05, 3.63) is 88.1 Å². The van der Waals surface area contributed by atoms with Crippen LogP contribution in [0.4, 0.5) is 11.4 Å². The van der Waals surface area contributed by atoms with Gasteiger partial charge in [-0.3, -0.25) is 14.9 Å². The lowest BCUT2D eigenvalue weighted by atomic mass is 10.1. The second-order valence-electron chi connectivity index (χ2n) is 6.14. The number of rotatable bonds is 7. The number of benzene rings is 2. The Balaban J connectivity index is 1.67. The molecule has 31 heavy (non-hydrogen) atoms. The fraction of sp³-hybridized carbons (Fsp3) is 0.0455. The van der Waals surface area contributed by atoms with Crippen molar-refractivity contribution in [1.29, 1.82) is 5.26 Å². The van der Waals surface area contributed by atoms with Gasteiger partial charge in [-0.15, -0.1) is 0 Å². The Labute approximate surface area is 177 Å². The van der Waals surface area contributed by atoms with Crippen molar-refractivity contribution >= 4 is 23.4 Å². The smallest absolute Gasteiger partial charge is 0.287 e. The van der Waals surface area contributed by atoms with Crippen LogP contribution < -0.4 is 14.8 Å². The highest BCUT2D eigenvalue weighted by Gasteiger charge is 2.10. The summed E-state index contributed by atoms with van der Waals surface area (Å²) in [5.74, 6) is 0.758. The Bertz CT molecular complexity index is 1150. The van der Waals surface area contributed by atoms with Gasteiger partial charge in [0.1, 0.15) is 29.3 Å². The van der Waals surface area contributed by atoms with Crippen LogP contribution in [0.25, 0.3) is 6.08 Å². The summed E-state index contributed by atoms with van der Waals surface area (Å²) in [7, 11) is 1.54. The number of aromatic nitrogens is 1. The van der Waals surface area contributed by atoms with Crippen LogP contribution in [0.2, 0.25) is 0 Å². The molecule has 0 bridgehead atoms. The van der Waals surface area contributed by atoms with Crippen LogP contribution >= 0.6 is 0 Å². The van der Waals surface area contributed by atoms with Gasteiger partial charge in [0, 0.05) is 17.8 Å². The number of methoxy groups -OCH3 is 1. The molecular weight excluding hydrogens is 400 g/mol. The maximum absolute atomic E-state index is 12.4. The number of pyridine rings is 1. The van der Waals surface area contributed by atoms with Crippen molar-refractivity contribution in [3.63, 3.8) is 0 Å². The van der Waals surface area contributed by atoms with Gasteiger partial charge in [0.05, 0.1) is 12.0 Å². The number of nitrogens with zero attached hydrogens (tertiary/aromatic N) is 3. The third-order valence-corrected chi connectivity index (χ3v) is 4.06. The van der Waals surface area contributed by atoms with Crippen LogP contribution in [0.3, 0.4) is 0 Å². The molecule has 154 valence electrons. The number of carbonyl (C=O) groups is 1. The SMILES string of the molecule is COc1ccc(NC(=O)/C(C#N)=C/c2ccc(Oc3ccc([N+](=O)[O-])cn3)cc2)cc1. The van der Waals surface area contributed by atoms with E-state index in [9.17, 15) is 20.2 Å². The number of nitrogens with one attached hydrogen (secondary N) is 1. The molecule has 1 N–H and O–H groups in total. The normalized spacial score (nSPS) is 10.6. The fourth-order valence-electron chi connectivity index (χ4n) is 2.48. The van der Waals surface area contributed by atoms with Crippen molar-refractivity contribution < 1.29 is 19.2 Å². The van der Waals surface area contributed by atoms with Gasteiger partial charge in [-0.25, -0.2) is 4.98 Å². The molecule has 0 saturated heterocycles. The summed E-state index contributed by atoms with van der Waals surface area (Å²) >= 11 is 0. The van der Waals surface area contributed by atoms with Crippen LogP contribution in [0, 0.1) is 21.4 Å². The third kappa shape index (κ3) is 5.65. The minimum atomic E-state index is -0.546. The number of ether oxygens (including phenoxy) is 2. The van der Waals surface area contributed by atoms with E-state index in [-0.39, 0.29) is 17.1 Å². The summed E-state index contributed by atoms with van der Waals surface area (Å²) in [6.45, 7) is 0. The minimum absolute atomic E-state index is 0.0680. The minimum Gasteiger partial charge on any atom is -0.497 e. The van der Waals surface area contributed by atoms with Crippen molar-refractivity contribution in [2.45, 2.75) is 0 Å². The summed E-state index contributed by atoms with van der Waals surface area (Å²) in [4.78, 5) is 26.4. The predicted octanol–water partition coefficient (Wildman–Crippen LogP) is 4.34. The van der Waals surface area contributed by atoms with Crippen LogP contribution in [-0.4, -0.2) is 22.9 Å². The van der Waals surface area contributed by atoms with Crippen LogP contribution in [0.5, 0.6) is 17.4 Å². The molecule has 9 heteroatoms. The first kappa shape index (κ1) is 21.0. The van der Waals surface area contributed by atoms with Gasteiger partial charge in [-0.05, 0) is 48.0 Å². The van der Waals surface area contributed by atoms with E-state index in [4.69, 9.17) is 9.47 Å². The maximum Gasteiger partial charge on any atom is 0.287 e. The number of nitriles is 1. The average molecular weight is 416 g/mol. The number of carbonyl (C=O) groups excluding carboxylic acids is 1. The Hall–Kier alpha value is -4.71. The zero-order chi connectivity index (χ0) is 22.2. The molecule has 1 aromatic heterocycles. The molecule has 3 aromatic rings. The van der Waals surface area contributed by atoms with Crippen LogP contribution in [-0.2, 0) is 4.79 Å². The number of anilines is 1. The molecule has 2 aromatic carbocycles. The first-order valence-electron chi connectivity index (χ1n) is 8.94. The summed E-state index contributed by atoms with van der Waals surface area (Å²) in [6, 6.07) is 17.9. The van der Waals surface area contributed by atoms with Crippen molar-refractivity contribution in [2.75, 3.05) is 12.4 Å². The Morgan fingerprint density at radius 2 is 1.77 bits per heavy atom. The summed E-state index contributed by atoms with van der Waals surface area (Å²) < 4.78 is 10.6. The molecule has 3 rings (SSSR count). The molecule has 0 aliphatic carbocycles. The van der Waals surface area contributed by atoms with E-state index >= 15 is 0 Å². The standard InChI is InChI=1S/C22H16N4O5/c1-30-19-9-4-17(5-10-19)25-22(27)16(13-23)12-15-2-7-20(8-3-15)31-21-11-6-18(14-24-21)26(28)29/h2-12,14H,1H3,(H,25,27)/b16-12+. The van der Waals surface area contributed by atoms with E-state index in [0.717, 1.165) is 6.20 Å². The second-order valence-corrected chi connectivity index (χ2v) is 6.14. The summed E-state index contributed by atoms with van der Waals surface area (Å²) in [5, 5.41) is 22.7. The zero-order valence-corrected chi connectivity index (χ0v) is 16.3. The Morgan fingerprint density at radius 1 is 1.10 bits per heavy atom. The van der Waals surface area contributed by atoms with E-state index in [1.54, 1.807) is 55.6 Å². The predicted molar refractivity (Wildman–Crippen MR) is 113 cm³/mol. The molecular formula is C22H16N4O5. The fourth-order valence-corrected chi connectivity index (χ4v) is 2.48. The number of amides is 1. The molecule has 0 aliphatic heterocycles. The van der Waals surface area contributed by atoms with E-state index in [1.807, 2.05) is 6.07 Å². The zero-order valence-electron chi connectivity index (χ0n) is 16.3. The summed E-state index contributed by atoms with van der Waals surface area (Å²) in [5.41, 5.74) is 0.947. The van der Waals surface area contributed by atoms with Gasteiger partial charge in [0.15, 0.2) is 0 Å². The lowest BCUT2D eigenvalue weighted by Gasteiger charge is -2.06. The quantitative estimate of drug-likeness (QED) is 0.263. The van der Waals surface area contributed by atoms with E-state index < -0.39 is 10.8 Å². The molecule has 1 amide bonds. The molecule has 0 fully saturated rings. The van der Waals surface area contributed by atoms with Gasteiger partial charge in [-0.1, -0.05) is 12.1 Å². The number of nitro groups is 1. The Morgan fingerprint density at radius 3 is 2.32 bits per heavy atom. The van der Waals surface area contributed by atoms with Gasteiger partial charge in [-0.2, -0.15) is 5.26 Å². The van der Waals surface area contributed by atoms with Crippen molar-refractivity contribution in [2.24, 2.45) is 0 Å². The molecule has 0 aliphatic rings. The van der Waals surface area contributed by atoms with Gasteiger partial charge in [0.25, 0.3) is 11.6 Å². The van der Waals surface area contributed by atoms with Gasteiger partial charge < -0.3 is 14.8 Å². The lowest BCUT2D eigenvalue weighted by molar-refractivity contribution is -0.385. The molecule has 0 unspecified atom stereocenters. The van der Waals surface area contributed by atoms with Crippen molar-refractivity contribution in [3.8, 4) is 23.4 Å². The first-order chi connectivity index (χ1) is 15.0. The van der Waals surface area contributed by atoms with E-state index in [1.165, 1.54) is 18.2 Å². The maximum atomic E-state index is 12.4. The summed E-state index contributed by atoms with van der Waals surface area (Å²) in [6.07, 6.45) is 2.56. The molecule has 0 radical (unpaired) electrons. The first-order valence-corrected chi connectivity index (χ1v) is 8.94. The van der Waals surface area contributed by atoms with E-state index in [0.29, 0.717) is 22.7 Å². The van der Waals surface area contributed by atoms with Crippen LogP contribution in [0.15, 0.2) is 72.4 Å². The largest absolute Gasteiger partial charge is 0.497 e. The molecule has 1 heterocycles. The molecule has 0 atom stereocenters. The Kier molecular flexibility index (Phi) is 6.55. The number of hydrogen-bond acceptors (Lipinski definition) is 7. The third-order valence-electron chi connectivity index (χ3n) is 4.06. The van der Waals surface area contributed by atoms with Crippen molar-refractivity contribution in [1.82, 2.24) is 4.98 Å². The van der Waals surface area contributed by atoms with E-state index in [2.05, 4.69) is 10.3 Å². The monoisotopic (exact) mass is 416 g/mol. The topological polar surface area (TPSA) is 127 Å². The van der Waals surface area contributed by atoms with Gasteiger partial charge in [0.2, 0.25) is 5.88 Å². The molecule has 9 nitrogen and oxygen atoms in total.